The first-order chi connectivity index (χ1) is 11.7. The Bertz CT molecular complexity index is 713. The number of carbonyl (C=O) groups is 2. The van der Waals surface area contributed by atoms with Crippen LogP contribution in [0.5, 0.6) is 0 Å². The fourth-order valence-corrected chi connectivity index (χ4v) is 2.91. The summed E-state index contributed by atoms with van der Waals surface area (Å²) in [6.07, 6.45) is 4.91. The van der Waals surface area contributed by atoms with Gasteiger partial charge in [0.25, 0.3) is 0 Å². The average Bonchev–Trinajstić information content (AvgIpc) is 3.02. The molecule has 124 valence electrons. The monoisotopic (exact) mass is 323 g/mol. The predicted octanol–water partition coefficient (Wildman–Crippen LogP) is 2.31. The van der Waals surface area contributed by atoms with Crippen LogP contribution in [-0.2, 0) is 22.6 Å². The highest BCUT2D eigenvalue weighted by Gasteiger charge is 2.37. The van der Waals surface area contributed by atoms with Gasteiger partial charge in [-0.1, -0.05) is 25.1 Å². The molecule has 0 saturated carbocycles. The van der Waals surface area contributed by atoms with Crippen LogP contribution < -0.4 is 10.2 Å². The van der Waals surface area contributed by atoms with Crippen LogP contribution in [0, 0.1) is 5.92 Å². The van der Waals surface area contributed by atoms with Crippen molar-refractivity contribution in [2.45, 2.75) is 26.3 Å². The number of amides is 2. The highest BCUT2D eigenvalue weighted by Crippen LogP contribution is 2.25. The van der Waals surface area contributed by atoms with Gasteiger partial charge >= 0.3 is 0 Å². The Balaban J connectivity index is 1.61. The average molecular weight is 323 g/mol. The molecule has 0 bridgehead atoms. The van der Waals surface area contributed by atoms with E-state index in [1.54, 1.807) is 17.3 Å². The second-order valence-corrected chi connectivity index (χ2v) is 5.93. The van der Waals surface area contributed by atoms with E-state index in [-0.39, 0.29) is 11.8 Å². The molecule has 2 heterocycles. The molecule has 1 atom stereocenters. The number of benzene rings is 1. The van der Waals surface area contributed by atoms with E-state index in [1.807, 2.05) is 36.4 Å². The van der Waals surface area contributed by atoms with Crippen molar-refractivity contribution >= 4 is 17.5 Å². The number of anilines is 1. The summed E-state index contributed by atoms with van der Waals surface area (Å²) >= 11 is 0. The quantitative estimate of drug-likeness (QED) is 0.859. The first kappa shape index (κ1) is 16.2. The van der Waals surface area contributed by atoms with Crippen LogP contribution >= 0.6 is 0 Å². The van der Waals surface area contributed by atoms with E-state index >= 15 is 0 Å². The largest absolute Gasteiger partial charge is 0.351 e. The van der Waals surface area contributed by atoms with Gasteiger partial charge in [-0.05, 0) is 42.2 Å². The van der Waals surface area contributed by atoms with Crippen molar-refractivity contribution in [3.05, 3.63) is 59.9 Å². The molecule has 1 saturated heterocycles. The molecule has 1 N–H and O–H groups in total. The van der Waals surface area contributed by atoms with Crippen LogP contribution in [0.2, 0.25) is 0 Å². The van der Waals surface area contributed by atoms with E-state index in [0.29, 0.717) is 19.5 Å². The van der Waals surface area contributed by atoms with Crippen LogP contribution in [0.4, 0.5) is 5.69 Å². The smallest absolute Gasteiger partial charge is 0.239 e. The van der Waals surface area contributed by atoms with Crippen LogP contribution in [0.25, 0.3) is 0 Å². The van der Waals surface area contributed by atoms with E-state index in [9.17, 15) is 9.59 Å². The SMILES string of the molecule is CCc1ccc(N2CCC(C(=O)NCc3cccnc3)C2=O)cc1. The molecule has 3 rings (SSSR count). The number of rotatable bonds is 5. The predicted molar refractivity (Wildman–Crippen MR) is 92.4 cm³/mol. The lowest BCUT2D eigenvalue weighted by Gasteiger charge is -2.17. The summed E-state index contributed by atoms with van der Waals surface area (Å²) in [4.78, 5) is 30.6. The van der Waals surface area contributed by atoms with Gasteiger partial charge in [-0.25, -0.2) is 0 Å². The minimum Gasteiger partial charge on any atom is -0.351 e. The van der Waals surface area contributed by atoms with Crippen molar-refractivity contribution in [2.24, 2.45) is 5.92 Å². The molecule has 2 amide bonds. The Hall–Kier alpha value is -2.69. The molecular formula is C19H21N3O2. The molecule has 1 aliphatic rings. The lowest BCUT2D eigenvalue weighted by atomic mass is 10.1. The summed E-state index contributed by atoms with van der Waals surface area (Å²) < 4.78 is 0. The van der Waals surface area contributed by atoms with Gasteiger partial charge in [0.2, 0.25) is 11.8 Å². The van der Waals surface area contributed by atoms with Gasteiger partial charge in [0.1, 0.15) is 5.92 Å². The van der Waals surface area contributed by atoms with Crippen molar-refractivity contribution in [1.29, 1.82) is 0 Å². The Morgan fingerprint density at radius 3 is 2.71 bits per heavy atom. The number of aryl methyl sites for hydroxylation is 1. The molecule has 1 aromatic carbocycles. The van der Waals surface area contributed by atoms with Gasteiger partial charge in [0, 0.05) is 31.2 Å². The number of carbonyl (C=O) groups excluding carboxylic acids is 2. The normalized spacial score (nSPS) is 17.1. The molecule has 0 radical (unpaired) electrons. The van der Waals surface area contributed by atoms with Crippen LogP contribution in [0.3, 0.4) is 0 Å². The van der Waals surface area contributed by atoms with Gasteiger partial charge in [-0.2, -0.15) is 0 Å². The van der Waals surface area contributed by atoms with Gasteiger partial charge in [0.15, 0.2) is 0 Å². The molecule has 1 aliphatic heterocycles. The second-order valence-electron chi connectivity index (χ2n) is 5.93. The van der Waals surface area contributed by atoms with E-state index < -0.39 is 5.92 Å². The van der Waals surface area contributed by atoms with Crippen molar-refractivity contribution in [3.8, 4) is 0 Å². The van der Waals surface area contributed by atoms with E-state index in [0.717, 1.165) is 17.7 Å². The summed E-state index contributed by atoms with van der Waals surface area (Å²) in [5.41, 5.74) is 3.01. The molecule has 2 aromatic rings. The van der Waals surface area contributed by atoms with Crippen molar-refractivity contribution in [2.75, 3.05) is 11.4 Å². The third kappa shape index (κ3) is 3.45. The third-order valence-corrected chi connectivity index (χ3v) is 4.37. The van der Waals surface area contributed by atoms with Gasteiger partial charge in [-0.3, -0.25) is 14.6 Å². The van der Waals surface area contributed by atoms with Crippen LogP contribution in [-0.4, -0.2) is 23.3 Å². The summed E-state index contributed by atoms with van der Waals surface area (Å²) in [6, 6.07) is 11.7. The van der Waals surface area contributed by atoms with Crippen LogP contribution in [0.1, 0.15) is 24.5 Å². The maximum Gasteiger partial charge on any atom is 0.239 e. The molecule has 1 fully saturated rings. The Kier molecular flexibility index (Phi) is 4.89. The third-order valence-electron chi connectivity index (χ3n) is 4.37. The van der Waals surface area contributed by atoms with E-state index in [4.69, 9.17) is 0 Å². The number of aromatic nitrogens is 1. The first-order valence-electron chi connectivity index (χ1n) is 8.26. The maximum absolute atomic E-state index is 12.6. The highest BCUT2D eigenvalue weighted by atomic mass is 16.2. The number of pyridine rings is 1. The standard InChI is InChI=1S/C19H21N3O2/c1-2-14-5-7-16(8-6-14)22-11-9-17(19(22)24)18(23)21-13-15-4-3-10-20-12-15/h3-8,10,12,17H,2,9,11,13H2,1H3,(H,21,23). The lowest BCUT2D eigenvalue weighted by Crippen LogP contribution is -2.36. The molecule has 0 aliphatic carbocycles. The second kappa shape index (κ2) is 7.25. The molecule has 1 unspecified atom stereocenters. The first-order valence-corrected chi connectivity index (χ1v) is 8.26. The topological polar surface area (TPSA) is 62.3 Å². The minimum absolute atomic E-state index is 0.122. The molecule has 5 nitrogen and oxygen atoms in total. The molecule has 1 aromatic heterocycles. The van der Waals surface area contributed by atoms with Gasteiger partial charge < -0.3 is 10.2 Å². The lowest BCUT2D eigenvalue weighted by molar-refractivity contribution is -0.132. The zero-order chi connectivity index (χ0) is 16.9. The zero-order valence-corrected chi connectivity index (χ0v) is 13.7. The minimum atomic E-state index is -0.604. The zero-order valence-electron chi connectivity index (χ0n) is 13.7. The molecule has 0 spiro atoms. The van der Waals surface area contributed by atoms with Gasteiger partial charge in [0.05, 0.1) is 0 Å². The van der Waals surface area contributed by atoms with Crippen molar-refractivity contribution in [1.82, 2.24) is 10.3 Å². The number of nitrogens with zero attached hydrogens (tertiary/aromatic N) is 2. The van der Waals surface area contributed by atoms with E-state index in [1.165, 1.54) is 5.56 Å². The van der Waals surface area contributed by atoms with Crippen molar-refractivity contribution in [3.63, 3.8) is 0 Å². The van der Waals surface area contributed by atoms with Crippen LogP contribution in [0.15, 0.2) is 48.8 Å². The Labute approximate surface area is 141 Å². The summed E-state index contributed by atoms with van der Waals surface area (Å²) in [6.45, 7) is 3.07. The van der Waals surface area contributed by atoms with Gasteiger partial charge in [-0.15, -0.1) is 0 Å². The maximum atomic E-state index is 12.6. The molecule has 5 heteroatoms. The summed E-state index contributed by atoms with van der Waals surface area (Å²) in [7, 11) is 0. The fraction of sp³-hybridized carbons (Fsp3) is 0.316. The Morgan fingerprint density at radius 2 is 2.04 bits per heavy atom. The number of hydrogen-bond acceptors (Lipinski definition) is 3. The number of nitrogens with one attached hydrogen (secondary N) is 1. The Morgan fingerprint density at radius 1 is 1.25 bits per heavy atom. The molecular weight excluding hydrogens is 302 g/mol. The van der Waals surface area contributed by atoms with E-state index in [2.05, 4.69) is 17.2 Å². The van der Waals surface area contributed by atoms with Crippen molar-refractivity contribution < 1.29 is 9.59 Å². The molecule has 24 heavy (non-hydrogen) atoms. The highest BCUT2D eigenvalue weighted by molar-refractivity contribution is 6.09. The number of hydrogen-bond donors (Lipinski definition) is 1. The summed E-state index contributed by atoms with van der Waals surface area (Å²) in [5.74, 6) is -0.938. The summed E-state index contributed by atoms with van der Waals surface area (Å²) in [5, 5.41) is 2.84. The fourth-order valence-electron chi connectivity index (χ4n) is 2.91.